The molecule has 0 bridgehead atoms. The van der Waals surface area contributed by atoms with Crippen LogP contribution < -0.4 is 9.62 Å². The van der Waals surface area contributed by atoms with Gasteiger partial charge in [0.25, 0.3) is 0 Å². The van der Waals surface area contributed by atoms with Crippen LogP contribution >= 0.6 is 11.6 Å². The van der Waals surface area contributed by atoms with E-state index < -0.39 is 16.1 Å². The van der Waals surface area contributed by atoms with Crippen LogP contribution in [0.15, 0.2) is 48.5 Å². The van der Waals surface area contributed by atoms with E-state index in [-0.39, 0.29) is 31.3 Å². The number of anilines is 1. The number of hydrogen-bond acceptors (Lipinski definition) is 4. The third-order valence-corrected chi connectivity index (χ3v) is 7.16. The summed E-state index contributed by atoms with van der Waals surface area (Å²) >= 11 is 6.29. The van der Waals surface area contributed by atoms with Gasteiger partial charge < -0.3 is 10.2 Å². The van der Waals surface area contributed by atoms with E-state index >= 15 is 0 Å². The molecule has 0 saturated carbocycles. The minimum absolute atomic E-state index is 0.0905. The quantitative estimate of drug-likeness (QED) is 0.470. The first-order chi connectivity index (χ1) is 16.1. The molecule has 2 rings (SSSR count). The van der Waals surface area contributed by atoms with Crippen LogP contribution in [0.25, 0.3) is 0 Å². The van der Waals surface area contributed by atoms with Crippen molar-refractivity contribution in [2.45, 2.75) is 52.6 Å². The highest BCUT2D eigenvalue weighted by Crippen LogP contribution is 2.21. The fourth-order valence-corrected chi connectivity index (χ4v) is 4.78. The number of hydrogen-bond donors (Lipinski definition) is 1. The molecule has 2 aromatic rings. The minimum atomic E-state index is -3.52. The lowest BCUT2D eigenvalue weighted by atomic mass is 10.1. The van der Waals surface area contributed by atoms with Crippen molar-refractivity contribution in [3.8, 4) is 0 Å². The van der Waals surface area contributed by atoms with Gasteiger partial charge >= 0.3 is 0 Å². The predicted octanol–water partition coefficient (Wildman–Crippen LogP) is 4.00. The van der Waals surface area contributed by atoms with Crippen LogP contribution in [0.1, 0.15) is 44.7 Å². The number of amides is 2. The Bertz CT molecular complexity index is 1070. The third kappa shape index (κ3) is 7.74. The summed E-state index contributed by atoms with van der Waals surface area (Å²) in [5.74, 6) is -0.495. The van der Waals surface area contributed by atoms with Crippen molar-refractivity contribution in [3.63, 3.8) is 0 Å². The van der Waals surface area contributed by atoms with Gasteiger partial charge in [-0.05, 0) is 56.0 Å². The monoisotopic (exact) mass is 507 g/mol. The number of carbonyl (C=O) groups excluding carboxylic acids is 2. The molecule has 0 unspecified atom stereocenters. The fraction of sp³-hybridized carbons (Fsp3) is 0.440. The Kier molecular flexibility index (Phi) is 10.4. The normalized spacial score (nSPS) is 12.1. The Balaban J connectivity index is 2.15. The second kappa shape index (κ2) is 12.8. The molecule has 34 heavy (non-hydrogen) atoms. The van der Waals surface area contributed by atoms with E-state index in [9.17, 15) is 18.0 Å². The highest BCUT2D eigenvalue weighted by atomic mass is 35.5. The molecule has 2 aromatic carbocycles. The summed E-state index contributed by atoms with van der Waals surface area (Å²) in [5.41, 5.74) is 2.42. The van der Waals surface area contributed by atoms with Gasteiger partial charge in [0.2, 0.25) is 21.8 Å². The number of likely N-dealkylation sites (N-methyl/N-ethyl adjacent to an activating group) is 1. The minimum Gasteiger partial charge on any atom is -0.355 e. The lowest BCUT2D eigenvalue weighted by Gasteiger charge is -2.29. The molecule has 0 fully saturated rings. The van der Waals surface area contributed by atoms with Gasteiger partial charge in [0.1, 0.15) is 6.04 Å². The van der Waals surface area contributed by atoms with Gasteiger partial charge in [-0.15, -0.1) is 0 Å². The van der Waals surface area contributed by atoms with E-state index in [0.29, 0.717) is 23.7 Å². The standard InChI is InChI=1S/C25H34ClN3O4S/c1-5-20-13-15-22(16-14-20)29(34(4,32)33)17-9-12-24(30)28(19(3)25(31)27-6-2)18-21-10-7-8-11-23(21)26/h7-8,10-11,13-16,19H,5-6,9,12,17-18H2,1-4H3,(H,27,31)/t19-/m1/s1. The number of benzene rings is 2. The van der Waals surface area contributed by atoms with Crippen molar-refractivity contribution in [1.82, 2.24) is 10.2 Å². The lowest BCUT2D eigenvalue weighted by molar-refractivity contribution is -0.140. The second-order valence-corrected chi connectivity index (χ2v) is 10.5. The molecular weight excluding hydrogens is 474 g/mol. The van der Waals surface area contributed by atoms with Crippen molar-refractivity contribution < 1.29 is 18.0 Å². The number of carbonyl (C=O) groups is 2. The van der Waals surface area contributed by atoms with Gasteiger partial charge in [-0.25, -0.2) is 8.42 Å². The van der Waals surface area contributed by atoms with Gasteiger partial charge in [0.05, 0.1) is 11.9 Å². The second-order valence-electron chi connectivity index (χ2n) is 8.14. The molecular formula is C25H34ClN3O4S. The molecule has 0 saturated heterocycles. The van der Waals surface area contributed by atoms with Crippen LogP contribution in [-0.4, -0.2) is 50.5 Å². The summed E-state index contributed by atoms with van der Waals surface area (Å²) in [7, 11) is -3.52. The maximum absolute atomic E-state index is 13.2. The molecule has 9 heteroatoms. The lowest BCUT2D eigenvalue weighted by Crippen LogP contribution is -2.47. The molecule has 0 radical (unpaired) electrons. The zero-order valence-electron chi connectivity index (χ0n) is 20.3. The summed E-state index contributed by atoms with van der Waals surface area (Å²) < 4.78 is 26.1. The Morgan fingerprint density at radius 1 is 1.06 bits per heavy atom. The van der Waals surface area contributed by atoms with E-state index in [1.54, 1.807) is 31.2 Å². The molecule has 1 N–H and O–H groups in total. The zero-order valence-corrected chi connectivity index (χ0v) is 21.8. The summed E-state index contributed by atoms with van der Waals surface area (Å²) in [6.07, 6.45) is 2.41. The maximum atomic E-state index is 13.2. The van der Waals surface area contributed by atoms with E-state index in [1.165, 1.54) is 9.21 Å². The number of halogens is 1. The molecule has 186 valence electrons. The first kappa shape index (κ1) is 27.7. The predicted molar refractivity (Wildman–Crippen MR) is 137 cm³/mol. The smallest absolute Gasteiger partial charge is 0.242 e. The largest absolute Gasteiger partial charge is 0.355 e. The van der Waals surface area contributed by atoms with E-state index in [4.69, 9.17) is 11.6 Å². The van der Waals surface area contributed by atoms with Crippen molar-refractivity contribution in [2.24, 2.45) is 0 Å². The maximum Gasteiger partial charge on any atom is 0.242 e. The van der Waals surface area contributed by atoms with Gasteiger partial charge in [-0.1, -0.05) is 48.9 Å². The summed E-state index contributed by atoms with van der Waals surface area (Å²) in [4.78, 5) is 27.2. The van der Waals surface area contributed by atoms with Gasteiger partial charge in [-0.3, -0.25) is 13.9 Å². The zero-order chi connectivity index (χ0) is 25.3. The Hall–Kier alpha value is -2.58. The molecule has 0 spiro atoms. The van der Waals surface area contributed by atoms with Crippen LogP contribution in [0.2, 0.25) is 5.02 Å². The van der Waals surface area contributed by atoms with Crippen LogP contribution in [0.3, 0.4) is 0 Å². The molecule has 1 atom stereocenters. The summed E-state index contributed by atoms with van der Waals surface area (Å²) in [5, 5.41) is 3.27. The highest BCUT2D eigenvalue weighted by Gasteiger charge is 2.26. The first-order valence-corrected chi connectivity index (χ1v) is 13.7. The van der Waals surface area contributed by atoms with Crippen molar-refractivity contribution in [3.05, 3.63) is 64.7 Å². The Morgan fingerprint density at radius 2 is 1.71 bits per heavy atom. The summed E-state index contributed by atoms with van der Waals surface area (Å²) in [6.45, 7) is 6.33. The van der Waals surface area contributed by atoms with Crippen LogP contribution in [0.4, 0.5) is 5.69 Å². The first-order valence-electron chi connectivity index (χ1n) is 11.5. The van der Waals surface area contributed by atoms with Crippen molar-refractivity contribution >= 4 is 39.1 Å². The van der Waals surface area contributed by atoms with Gasteiger partial charge in [-0.2, -0.15) is 0 Å². The fourth-order valence-electron chi connectivity index (χ4n) is 3.62. The molecule has 0 aliphatic heterocycles. The Morgan fingerprint density at radius 3 is 2.26 bits per heavy atom. The average Bonchev–Trinajstić information content (AvgIpc) is 2.80. The third-order valence-electron chi connectivity index (χ3n) is 5.60. The van der Waals surface area contributed by atoms with E-state index in [2.05, 4.69) is 5.32 Å². The highest BCUT2D eigenvalue weighted by molar-refractivity contribution is 7.92. The van der Waals surface area contributed by atoms with Crippen molar-refractivity contribution in [2.75, 3.05) is 23.7 Å². The number of nitrogens with one attached hydrogen (secondary N) is 1. The molecule has 2 amide bonds. The summed E-state index contributed by atoms with van der Waals surface area (Å²) in [6, 6.07) is 13.9. The number of rotatable bonds is 12. The van der Waals surface area contributed by atoms with Gasteiger partial charge in [0, 0.05) is 31.1 Å². The average molecular weight is 508 g/mol. The molecule has 0 heterocycles. The molecule has 7 nitrogen and oxygen atoms in total. The number of aryl methyl sites for hydroxylation is 1. The SMILES string of the molecule is CCNC(=O)[C@@H](C)N(Cc1ccccc1Cl)C(=O)CCCN(c1ccc(CC)cc1)S(C)(=O)=O. The van der Waals surface area contributed by atoms with E-state index in [0.717, 1.165) is 23.8 Å². The van der Waals surface area contributed by atoms with Crippen LogP contribution in [-0.2, 0) is 32.6 Å². The number of nitrogens with zero attached hydrogens (tertiary/aromatic N) is 2. The van der Waals surface area contributed by atoms with Crippen molar-refractivity contribution in [1.29, 1.82) is 0 Å². The van der Waals surface area contributed by atoms with E-state index in [1.807, 2.05) is 38.1 Å². The molecule has 0 aromatic heterocycles. The van der Waals surface area contributed by atoms with Crippen LogP contribution in [0.5, 0.6) is 0 Å². The van der Waals surface area contributed by atoms with Crippen LogP contribution in [0, 0.1) is 0 Å². The topological polar surface area (TPSA) is 86.8 Å². The van der Waals surface area contributed by atoms with Gasteiger partial charge in [0.15, 0.2) is 0 Å². The number of sulfonamides is 1. The molecule has 0 aliphatic carbocycles. The molecule has 0 aliphatic rings. The Labute approximate surface area is 208 Å².